The lowest BCUT2D eigenvalue weighted by Crippen LogP contribution is -2.41. The summed E-state index contributed by atoms with van der Waals surface area (Å²) >= 11 is 0. The van der Waals surface area contributed by atoms with Crippen LogP contribution in [0.3, 0.4) is 0 Å². The van der Waals surface area contributed by atoms with Crippen LogP contribution in [0.2, 0.25) is 0 Å². The Hall–Kier alpha value is -1.62. The monoisotopic (exact) mass is 334 g/mol. The van der Waals surface area contributed by atoms with Gasteiger partial charge in [-0.1, -0.05) is 6.07 Å². The lowest BCUT2D eigenvalue weighted by Gasteiger charge is -2.38. The molecule has 2 N–H and O–H groups in total. The van der Waals surface area contributed by atoms with Crippen molar-refractivity contribution >= 4 is 5.91 Å². The van der Waals surface area contributed by atoms with Gasteiger partial charge >= 0.3 is 0 Å². The van der Waals surface area contributed by atoms with E-state index in [1.807, 2.05) is 13.8 Å². The Bertz CT molecular complexity index is 597. The van der Waals surface area contributed by atoms with Gasteiger partial charge in [-0.3, -0.25) is 4.79 Å². The molecule has 3 rings (SSSR count). The van der Waals surface area contributed by atoms with Gasteiger partial charge in [0.2, 0.25) is 5.91 Å². The van der Waals surface area contributed by atoms with Crippen LogP contribution in [0.5, 0.6) is 5.75 Å². The number of piperidine rings is 1. The normalized spacial score (nSPS) is 23.2. The van der Waals surface area contributed by atoms with Crippen LogP contribution in [-0.2, 0) is 4.79 Å². The standard InChI is InChI=1S/C19H27FN2O2/c1-19(2)12-16(15-5-4-14(20)11-17(15)24-19)22-18(23)6-3-13-7-9-21-10-8-13/h4-5,11,13,16,21H,3,6-10,12H2,1-2H3,(H,22,23). The van der Waals surface area contributed by atoms with E-state index >= 15 is 0 Å². The summed E-state index contributed by atoms with van der Waals surface area (Å²) in [5.41, 5.74) is 0.444. The fraction of sp³-hybridized carbons (Fsp3) is 0.632. The minimum absolute atomic E-state index is 0.0755. The molecule has 2 aliphatic heterocycles. The molecule has 5 heteroatoms. The Labute approximate surface area is 143 Å². The van der Waals surface area contributed by atoms with Crippen molar-refractivity contribution in [3.63, 3.8) is 0 Å². The van der Waals surface area contributed by atoms with E-state index < -0.39 is 5.60 Å². The maximum absolute atomic E-state index is 13.5. The number of carbonyl (C=O) groups is 1. The molecule has 1 amide bonds. The summed E-state index contributed by atoms with van der Waals surface area (Å²) in [5.74, 6) is 0.938. The molecule has 0 aliphatic carbocycles. The zero-order valence-electron chi connectivity index (χ0n) is 14.5. The zero-order valence-corrected chi connectivity index (χ0v) is 14.5. The molecule has 0 saturated carbocycles. The van der Waals surface area contributed by atoms with E-state index in [-0.39, 0.29) is 17.8 Å². The Balaban J connectivity index is 1.62. The summed E-state index contributed by atoms with van der Waals surface area (Å²) in [4.78, 5) is 12.4. The quantitative estimate of drug-likeness (QED) is 0.888. The number of halogens is 1. The number of benzene rings is 1. The number of hydrogen-bond donors (Lipinski definition) is 2. The molecule has 0 bridgehead atoms. The van der Waals surface area contributed by atoms with Gasteiger partial charge in [0, 0.05) is 24.5 Å². The van der Waals surface area contributed by atoms with E-state index in [0.717, 1.165) is 37.9 Å². The van der Waals surface area contributed by atoms with Crippen molar-refractivity contribution in [3.8, 4) is 5.75 Å². The number of hydrogen-bond acceptors (Lipinski definition) is 3. The number of rotatable bonds is 4. The van der Waals surface area contributed by atoms with Gasteiger partial charge in [0.1, 0.15) is 17.2 Å². The first-order chi connectivity index (χ1) is 11.4. The van der Waals surface area contributed by atoms with Crippen molar-refractivity contribution in [2.45, 2.75) is 57.6 Å². The molecular formula is C19H27FN2O2. The first-order valence-corrected chi connectivity index (χ1v) is 8.91. The highest BCUT2D eigenvalue weighted by Gasteiger charge is 2.34. The molecule has 1 saturated heterocycles. The van der Waals surface area contributed by atoms with Crippen LogP contribution < -0.4 is 15.4 Å². The topological polar surface area (TPSA) is 50.4 Å². The van der Waals surface area contributed by atoms with Gasteiger partial charge in [0.05, 0.1) is 6.04 Å². The van der Waals surface area contributed by atoms with Crippen molar-refractivity contribution in [1.82, 2.24) is 10.6 Å². The van der Waals surface area contributed by atoms with Crippen LogP contribution in [0.4, 0.5) is 4.39 Å². The van der Waals surface area contributed by atoms with Crippen molar-refractivity contribution in [3.05, 3.63) is 29.6 Å². The van der Waals surface area contributed by atoms with Gasteiger partial charge in [-0.25, -0.2) is 4.39 Å². The predicted octanol–water partition coefficient (Wildman–Crippen LogP) is 3.32. The maximum Gasteiger partial charge on any atom is 0.220 e. The molecule has 1 unspecified atom stereocenters. The van der Waals surface area contributed by atoms with Gasteiger partial charge in [-0.15, -0.1) is 0 Å². The highest BCUT2D eigenvalue weighted by Crippen LogP contribution is 2.39. The molecule has 1 aromatic carbocycles. The van der Waals surface area contributed by atoms with E-state index in [1.54, 1.807) is 6.07 Å². The van der Waals surface area contributed by atoms with E-state index in [9.17, 15) is 9.18 Å². The zero-order chi connectivity index (χ0) is 17.2. The van der Waals surface area contributed by atoms with Crippen LogP contribution in [-0.4, -0.2) is 24.6 Å². The van der Waals surface area contributed by atoms with Crippen LogP contribution in [0.25, 0.3) is 0 Å². The largest absolute Gasteiger partial charge is 0.487 e. The van der Waals surface area contributed by atoms with E-state index in [1.165, 1.54) is 12.1 Å². The van der Waals surface area contributed by atoms with E-state index in [0.29, 0.717) is 24.5 Å². The molecule has 4 nitrogen and oxygen atoms in total. The Kier molecular flexibility index (Phi) is 5.09. The SMILES string of the molecule is CC1(C)CC(NC(=O)CCC2CCNCC2)c2ccc(F)cc2O1. The Morgan fingerprint density at radius 2 is 2.12 bits per heavy atom. The number of amides is 1. The lowest BCUT2D eigenvalue weighted by atomic mass is 9.89. The third-order valence-electron chi connectivity index (χ3n) is 5.01. The fourth-order valence-corrected chi connectivity index (χ4v) is 3.73. The van der Waals surface area contributed by atoms with Crippen LogP contribution in [0, 0.1) is 11.7 Å². The molecule has 24 heavy (non-hydrogen) atoms. The second kappa shape index (κ2) is 7.09. The van der Waals surface area contributed by atoms with Crippen molar-refractivity contribution in [2.75, 3.05) is 13.1 Å². The van der Waals surface area contributed by atoms with Crippen LogP contribution in [0.1, 0.15) is 57.6 Å². The molecule has 1 aromatic rings. The molecule has 2 heterocycles. The first kappa shape index (κ1) is 17.2. The second-order valence-electron chi connectivity index (χ2n) is 7.60. The average Bonchev–Trinajstić information content (AvgIpc) is 2.52. The Morgan fingerprint density at radius 1 is 1.38 bits per heavy atom. The number of fused-ring (bicyclic) bond motifs is 1. The molecule has 0 radical (unpaired) electrons. The molecule has 1 fully saturated rings. The predicted molar refractivity (Wildman–Crippen MR) is 91.4 cm³/mol. The molecular weight excluding hydrogens is 307 g/mol. The van der Waals surface area contributed by atoms with Gasteiger partial charge < -0.3 is 15.4 Å². The summed E-state index contributed by atoms with van der Waals surface area (Å²) in [5, 5.41) is 6.48. The Morgan fingerprint density at radius 3 is 2.88 bits per heavy atom. The highest BCUT2D eigenvalue weighted by molar-refractivity contribution is 5.76. The van der Waals surface area contributed by atoms with E-state index in [4.69, 9.17) is 4.74 Å². The summed E-state index contributed by atoms with van der Waals surface area (Å²) < 4.78 is 19.4. The molecule has 1 atom stereocenters. The van der Waals surface area contributed by atoms with Gasteiger partial charge in [0.25, 0.3) is 0 Å². The molecule has 0 aromatic heterocycles. The molecule has 0 spiro atoms. The average molecular weight is 334 g/mol. The minimum Gasteiger partial charge on any atom is -0.487 e. The summed E-state index contributed by atoms with van der Waals surface area (Å²) in [6.07, 6.45) is 4.49. The van der Waals surface area contributed by atoms with Gasteiger partial charge in [-0.2, -0.15) is 0 Å². The van der Waals surface area contributed by atoms with Crippen molar-refractivity contribution in [1.29, 1.82) is 0 Å². The summed E-state index contributed by atoms with van der Waals surface area (Å²) in [6, 6.07) is 4.43. The van der Waals surface area contributed by atoms with Crippen molar-refractivity contribution < 1.29 is 13.9 Å². The number of nitrogens with one attached hydrogen (secondary N) is 2. The molecule has 2 aliphatic rings. The third kappa shape index (κ3) is 4.26. The fourth-order valence-electron chi connectivity index (χ4n) is 3.73. The first-order valence-electron chi connectivity index (χ1n) is 8.91. The second-order valence-corrected chi connectivity index (χ2v) is 7.60. The highest BCUT2D eigenvalue weighted by atomic mass is 19.1. The summed E-state index contributed by atoms with van der Waals surface area (Å²) in [7, 11) is 0. The number of ether oxygens (including phenoxy) is 1. The third-order valence-corrected chi connectivity index (χ3v) is 5.01. The number of carbonyl (C=O) groups excluding carboxylic acids is 1. The molecule has 132 valence electrons. The van der Waals surface area contributed by atoms with E-state index in [2.05, 4.69) is 10.6 Å². The minimum atomic E-state index is -0.423. The van der Waals surface area contributed by atoms with Gasteiger partial charge in [0.15, 0.2) is 0 Å². The summed E-state index contributed by atoms with van der Waals surface area (Å²) in [6.45, 7) is 6.04. The van der Waals surface area contributed by atoms with Crippen LogP contribution >= 0.6 is 0 Å². The smallest absolute Gasteiger partial charge is 0.220 e. The lowest BCUT2D eigenvalue weighted by molar-refractivity contribution is -0.122. The maximum atomic E-state index is 13.5. The van der Waals surface area contributed by atoms with Crippen molar-refractivity contribution in [2.24, 2.45) is 5.92 Å². The van der Waals surface area contributed by atoms with Crippen LogP contribution in [0.15, 0.2) is 18.2 Å². The van der Waals surface area contributed by atoms with Gasteiger partial charge in [-0.05, 0) is 58.2 Å².